The first kappa shape index (κ1) is 23.9. The molecule has 1 atom stereocenters. The van der Waals surface area contributed by atoms with Crippen molar-refractivity contribution >= 4 is 17.7 Å². The van der Waals surface area contributed by atoms with Crippen LogP contribution in [0.15, 0.2) is 57.8 Å². The van der Waals surface area contributed by atoms with Crippen LogP contribution in [0.3, 0.4) is 0 Å². The Morgan fingerprint density at radius 1 is 1.12 bits per heavy atom. The molecule has 0 aliphatic heterocycles. The van der Waals surface area contributed by atoms with Crippen LogP contribution in [0.5, 0.6) is 0 Å². The zero-order valence-electron chi connectivity index (χ0n) is 17.9. The lowest BCUT2D eigenvalue weighted by Gasteiger charge is -2.12. The molecule has 3 rings (SSSR count). The van der Waals surface area contributed by atoms with E-state index >= 15 is 0 Å². The lowest BCUT2D eigenvalue weighted by atomic mass is 10.0. The predicted octanol–water partition coefficient (Wildman–Crippen LogP) is 7.01. The molecule has 1 aromatic heterocycles. The third kappa shape index (κ3) is 5.94. The highest BCUT2D eigenvalue weighted by Gasteiger charge is 2.30. The molecule has 0 saturated carbocycles. The van der Waals surface area contributed by atoms with Crippen molar-refractivity contribution in [3.63, 3.8) is 0 Å². The summed E-state index contributed by atoms with van der Waals surface area (Å²) in [6.07, 6.45) is -4.42. The van der Waals surface area contributed by atoms with Gasteiger partial charge in [-0.3, -0.25) is 4.79 Å². The highest BCUT2D eigenvalue weighted by molar-refractivity contribution is 7.99. The van der Waals surface area contributed by atoms with Crippen molar-refractivity contribution in [2.24, 2.45) is 0 Å². The fraction of sp³-hybridized carbons (Fsp3) is 0.333. The van der Waals surface area contributed by atoms with Crippen LogP contribution in [0, 0.1) is 0 Å². The van der Waals surface area contributed by atoms with Crippen LogP contribution in [0.1, 0.15) is 55.2 Å². The van der Waals surface area contributed by atoms with Gasteiger partial charge < -0.3 is 9.52 Å². The minimum Gasteiger partial charge on any atom is -0.481 e. The quantitative estimate of drug-likeness (QED) is 0.364. The van der Waals surface area contributed by atoms with E-state index in [1.54, 1.807) is 17.8 Å². The number of hydrogen-bond donors (Lipinski definition) is 1. The van der Waals surface area contributed by atoms with E-state index in [1.165, 1.54) is 12.1 Å². The summed E-state index contributed by atoms with van der Waals surface area (Å²) in [5, 5.41) is 8.98. The van der Waals surface area contributed by atoms with Gasteiger partial charge in [-0.1, -0.05) is 32.9 Å². The lowest BCUT2D eigenvalue weighted by Crippen LogP contribution is -2.04. The molecule has 8 heteroatoms. The van der Waals surface area contributed by atoms with Crippen LogP contribution < -0.4 is 0 Å². The van der Waals surface area contributed by atoms with Gasteiger partial charge in [0.1, 0.15) is 5.76 Å². The molecule has 2 aromatic carbocycles. The van der Waals surface area contributed by atoms with Gasteiger partial charge in [0.2, 0.25) is 5.89 Å². The van der Waals surface area contributed by atoms with E-state index in [4.69, 9.17) is 9.52 Å². The molecule has 0 saturated heterocycles. The molecule has 4 nitrogen and oxygen atoms in total. The van der Waals surface area contributed by atoms with Crippen molar-refractivity contribution in [2.75, 3.05) is 5.75 Å². The van der Waals surface area contributed by atoms with Gasteiger partial charge in [0, 0.05) is 22.1 Å². The van der Waals surface area contributed by atoms with Crippen molar-refractivity contribution in [3.05, 3.63) is 71.1 Å². The zero-order chi connectivity index (χ0) is 23.5. The fourth-order valence-electron chi connectivity index (χ4n) is 3.25. The maximum absolute atomic E-state index is 12.8. The number of aliphatic carboxylic acids is 1. The van der Waals surface area contributed by atoms with E-state index in [0.717, 1.165) is 28.3 Å². The minimum absolute atomic E-state index is 0.00349. The van der Waals surface area contributed by atoms with Gasteiger partial charge in [-0.15, -0.1) is 11.8 Å². The Labute approximate surface area is 188 Å². The second kappa shape index (κ2) is 9.81. The maximum atomic E-state index is 12.8. The molecule has 0 bridgehead atoms. The number of oxazole rings is 1. The topological polar surface area (TPSA) is 63.3 Å². The SMILES string of the molecule is CC(C)c1nc(-c2ccc(C(F)(F)F)cc2)oc1C(C)CSc1cccc(CC(=O)O)c1. The molecule has 0 fully saturated rings. The van der Waals surface area contributed by atoms with Gasteiger partial charge in [0.15, 0.2) is 0 Å². The second-order valence-electron chi connectivity index (χ2n) is 7.93. The standard InChI is InChI=1S/C24H24F3NO3S/c1-14(2)21-22(15(3)13-32-19-6-4-5-16(11-19)12-20(29)30)31-23(28-21)17-7-9-18(10-8-17)24(25,26)27/h4-11,14-15H,12-13H2,1-3H3,(H,29,30). The molecular formula is C24H24F3NO3S. The number of halogens is 3. The Morgan fingerprint density at radius 2 is 1.81 bits per heavy atom. The average molecular weight is 464 g/mol. The third-order valence-electron chi connectivity index (χ3n) is 4.89. The summed E-state index contributed by atoms with van der Waals surface area (Å²) in [7, 11) is 0. The summed E-state index contributed by atoms with van der Waals surface area (Å²) in [4.78, 5) is 16.5. The first-order valence-electron chi connectivity index (χ1n) is 10.2. The Balaban J connectivity index is 1.78. The lowest BCUT2D eigenvalue weighted by molar-refractivity contribution is -0.138. The number of benzene rings is 2. The summed E-state index contributed by atoms with van der Waals surface area (Å²) >= 11 is 1.59. The van der Waals surface area contributed by atoms with Crippen molar-refractivity contribution in [1.82, 2.24) is 4.98 Å². The van der Waals surface area contributed by atoms with Crippen LogP contribution in [-0.4, -0.2) is 21.8 Å². The number of nitrogens with zero attached hydrogens (tertiary/aromatic N) is 1. The summed E-state index contributed by atoms with van der Waals surface area (Å²) in [6, 6.07) is 12.2. The number of thioether (sulfide) groups is 1. The molecule has 1 N–H and O–H groups in total. The normalized spacial score (nSPS) is 12.8. The minimum atomic E-state index is -4.39. The van der Waals surface area contributed by atoms with Crippen LogP contribution in [0.2, 0.25) is 0 Å². The summed E-state index contributed by atoms with van der Waals surface area (Å²) in [5.41, 5.74) is 1.30. The zero-order valence-corrected chi connectivity index (χ0v) is 18.8. The molecule has 0 spiro atoms. The van der Waals surface area contributed by atoms with Gasteiger partial charge in [-0.25, -0.2) is 4.98 Å². The highest BCUT2D eigenvalue weighted by atomic mass is 32.2. The number of hydrogen-bond acceptors (Lipinski definition) is 4. The summed E-state index contributed by atoms with van der Waals surface area (Å²) in [6.45, 7) is 6.00. The Hall–Kier alpha value is -2.74. The maximum Gasteiger partial charge on any atom is 0.416 e. The Bertz CT molecular complexity index is 1070. The van der Waals surface area contributed by atoms with E-state index < -0.39 is 17.7 Å². The van der Waals surface area contributed by atoms with Crippen molar-refractivity contribution in [1.29, 1.82) is 0 Å². The molecule has 0 radical (unpaired) electrons. The largest absolute Gasteiger partial charge is 0.481 e. The molecule has 3 aromatic rings. The van der Waals surface area contributed by atoms with Crippen molar-refractivity contribution in [3.8, 4) is 11.5 Å². The van der Waals surface area contributed by atoms with Gasteiger partial charge in [-0.05, 0) is 47.9 Å². The van der Waals surface area contributed by atoms with Crippen molar-refractivity contribution in [2.45, 2.75) is 50.1 Å². The van der Waals surface area contributed by atoms with Gasteiger partial charge in [0.25, 0.3) is 0 Å². The van der Waals surface area contributed by atoms with Crippen LogP contribution in [0.25, 0.3) is 11.5 Å². The molecule has 0 aliphatic rings. The number of rotatable bonds is 8. The van der Waals surface area contributed by atoms with E-state index in [2.05, 4.69) is 4.98 Å². The van der Waals surface area contributed by atoms with Gasteiger partial charge in [-0.2, -0.15) is 13.2 Å². The molecule has 32 heavy (non-hydrogen) atoms. The Kier molecular flexibility index (Phi) is 7.33. The molecule has 0 amide bonds. The second-order valence-corrected chi connectivity index (χ2v) is 9.02. The molecule has 0 aliphatic carbocycles. The van der Waals surface area contributed by atoms with Crippen LogP contribution >= 0.6 is 11.8 Å². The van der Waals surface area contributed by atoms with E-state index in [1.807, 2.05) is 39.0 Å². The molecule has 1 heterocycles. The van der Waals surface area contributed by atoms with E-state index in [0.29, 0.717) is 23.0 Å². The molecule has 1 unspecified atom stereocenters. The number of carbonyl (C=O) groups is 1. The molecule has 170 valence electrons. The first-order valence-corrected chi connectivity index (χ1v) is 11.1. The summed E-state index contributed by atoms with van der Waals surface area (Å²) in [5.74, 6) is 0.902. The monoisotopic (exact) mass is 463 g/mol. The summed E-state index contributed by atoms with van der Waals surface area (Å²) < 4.78 is 44.6. The smallest absolute Gasteiger partial charge is 0.416 e. The van der Waals surface area contributed by atoms with Crippen molar-refractivity contribution < 1.29 is 27.5 Å². The first-order chi connectivity index (χ1) is 15.0. The average Bonchev–Trinajstić information content (AvgIpc) is 3.17. The Morgan fingerprint density at radius 3 is 2.41 bits per heavy atom. The third-order valence-corrected chi connectivity index (χ3v) is 6.14. The molecular weight excluding hydrogens is 439 g/mol. The van der Waals surface area contributed by atoms with Gasteiger partial charge in [0.05, 0.1) is 17.7 Å². The van der Waals surface area contributed by atoms with Crippen LogP contribution in [0.4, 0.5) is 13.2 Å². The van der Waals surface area contributed by atoms with E-state index in [-0.39, 0.29) is 18.3 Å². The number of carboxylic acid groups (broad SMARTS) is 1. The highest BCUT2D eigenvalue weighted by Crippen LogP contribution is 2.36. The van der Waals surface area contributed by atoms with Crippen LogP contribution in [-0.2, 0) is 17.4 Å². The van der Waals surface area contributed by atoms with E-state index in [9.17, 15) is 18.0 Å². The predicted molar refractivity (Wildman–Crippen MR) is 118 cm³/mol. The number of carboxylic acids is 1. The fourth-order valence-corrected chi connectivity index (χ4v) is 4.26. The number of alkyl halides is 3. The number of aromatic nitrogens is 1. The van der Waals surface area contributed by atoms with Gasteiger partial charge >= 0.3 is 12.1 Å².